The number of pyridine rings is 1. The summed E-state index contributed by atoms with van der Waals surface area (Å²) in [5.74, 6) is -0.548. The first-order valence-electron chi connectivity index (χ1n) is 9.77. The van der Waals surface area contributed by atoms with E-state index in [1.807, 2.05) is 19.1 Å². The Balaban J connectivity index is 1.41. The minimum atomic E-state index is -2.61. The first-order valence-corrected chi connectivity index (χ1v) is 9.77. The molecule has 0 spiro atoms. The Morgan fingerprint density at radius 3 is 2.55 bits per heavy atom. The molecule has 0 aliphatic carbocycles. The van der Waals surface area contributed by atoms with E-state index in [0.717, 1.165) is 36.7 Å². The Morgan fingerprint density at radius 1 is 1.17 bits per heavy atom. The molecule has 2 aromatic rings. The standard InChI is InChI=1S/C20H25F2N7/c1-3-16(15-4-5-18(25-9-15)28-12-20(21,22)13-28)27-17-10-26-19(11-24-17)29-7-6-23-8-14(29)2/h3-5,9-11,14,23H,6-8,12-13H2,1-2H3,(H,24,27)/b16-3+/t14-/m0/s1. The highest BCUT2D eigenvalue weighted by Crippen LogP contribution is 2.31. The van der Waals surface area contributed by atoms with E-state index >= 15 is 0 Å². The fourth-order valence-corrected chi connectivity index (χ4v) is 3.57. The molecule has 0 radical (unpaired) electrons. The average molecular weight is 401 g/mol. The minimum Gasteiger partial charge on any atom is -0.350 e. The molecular weight excluding hydrogens is 376 g/mol. The molecule has 2 N–H and O–H groups in total. The van der Waals surface area contributed by atoms with E-state index in [9.17, 15) is 8.78 Å². The van der Waals surface area contributed by atoms with E-state index in [-0.39, 0.29) is 13.1 Å². The molecule has 154 valence electrons. The smallest absolute Gasteiger partial charge is 0.282 e. The summed E-state index contributed by atoms with van der Waals surface area (Å²) >= 11 is 0. The van der Waals surface area contributed by atoms with Gasteiger partial charge in [-0.25, -0.2) is 23.7 Å². The van der Waals surface area contributed by atoms with Crippen LogP contribution in [0.25, 0.3) is 5.70 Å². The van der Waals surface area contributed by atoms with Crippen LogP contribution in [-0.4, -0.2) is 59.6 Å². The van der Waals surface area contributed by atoms with Crippen molar-refractivity contribution in [3.8, 4) is 0 Å². The predicted octanol–water partition coefficient (Wildman–Crippen LogP) is 2.60. The van der Waals surface area contributed by atoms with Gasteiger partial charge in [-0.05, 0) is 26.0 Å². The predicted molar refractivity (Wildman–Crippen MR) is 110 cm³/mol. The lowest BCUT2D eigenvalue weighted by Crippen LogP contribution is -2.56. The molecule has 4 heterocycles. The minimum absolute atomic E-state index is 0.276. The van der Waals surface area contributed by atoms with E-state index < -0.39 is 5.92 Å². The Morgan fingerprint density at radius 2 is 1.97 bits per heavy atom. The number of allylic oxidation sites excluding steroid dienone is 1. The highest BCUT2D eigenvalue weighted by molar-refractivity contribution is 5.75. The van der Waals surface area contributed by atoms with Crippen molar-refractivity contribution in [2.45, 2.75) is 25.8 Å². The molecule has 9 heteroatoms. The van der Waals surface area contributed by atoms with Gasteiger partial charge in [0.2, 0.25) is 0 Å². The zero-order valence-corrected chi connectivity index (χ0v) is 16.6. The van der Waals surface area contributed by atoms with Crippen molar-refractivity contribution in [1.82, 2.24) is 20.3 Å². The van der Waals surface area contributed by atoms with E-state index in [0.29, 0.717) is 17.7 Å². The van der Waals surface area contributed by atoms with E-state index in [1.54, 1.807) is 29.6 Å². The number of halogens is 2. The van der Waals surface area contributed by atoms with Gasteiger partial charge in [0, 0.05) is 43.1 Å². The van der Waals surface area contributed by atoms with Crippen LogP contribution in [0.15, 0.2) is 36.8 Å². The monoisotopic (exact) mass is 401 g/mol. The normalized spacial score (nSPS) is 21.7. The van der Waals surface area contributed by atoms with Crippen molar-refractivity contribution in [2.24, 2.45) is 0 Å². The number of rotatable bonds is 5. The summed E-state index contributed by atoms with van der Waals surface area (Å²) in [6, 6.07) is 4.00. The number of hydrogen-bond donors (Lipinski definition) is 2. The van der Waals surface area contributed by atoms with E-state index in [1.165, 1.54) is 0 Å². The molecule has 0 aromatic carbocycles. The summed E-state index contributed by atoms with van der Waals surface area (Å²) in [5, 5.41) is 6.62. The van der Waals surface area contributed by atoms with Crippen LogP contribution in [0.4, 0.5) is 26.2 Å². The highest BCUT2D eigenvalue weighted by Gasteiger charge is 2.44. The fraction of sp³-hybridized carbons (Fsp3) is 0.450. The molecule has 29 heavy (non-hydrogen) atoms. The first-order chi connectivity index (χ1) is 13.9. The van der Waals surface area contributed by atoms with Crippen LogP contribution in [0.2, 0.25) is 0 Å². The average Bonchev–Trinajstić information content (AvgIpc) is 2.71. The Kier molecular flexibility index (Phi) is 5.31. The van der Waals surface area contributed by atoms with Crippen molar-refractivity contribution < 1.29 is 8.78 Å². The van der Waals surface area contributed by atoms with Gasteiger partial charge < -0.3 is 20.4 Å². The molecule has 2 aliphatic rings. The van der Waals surface area contributed by atoms with Gasteiger partial charge in [0.05, 0.1) is 25.5 Å². The molecule has 0 unspecified atom stereocenters. The zero-order chi connectivity index (χ0) is 20.4. The summed E-state index contributed by atoms with van der Waals surface area (Å²) in [6.45, 7) is 6.30. The summed E-state index contributed by atoms with van der Waals surface area (Å²) in [7, 11) is 0. The molecule has 0 bridgehead atoms. The van der Waals surface area contributed by atoms with Crippen molar-refractivity contribution >= 4 is 23.2 Å². The summed E-state index contributed by atoms with van der Waals surface area (Å²) in [6.07, 6.45) is 7.10. The molecule has 2 aliphatic heterocycles. The highest BCUT2D eigenvalue weighted by atomic mass is 19.3. The van der Waals surface area contributed by atoms with Gasteiger partial charge in [-0.3, -0.25) is 0 Å². The molecule has 7 nitrogen and oxygen atoms in total. The van der Waals surface area contributed by atoms with Crippen LogP contribution < -0.4 is 20.4 Å². The molecule has 2 fully saturated rings. The third-order valence-corrected chi connectivity index (χ3v) is 5.21. The third kappa shape index (κ3) is 4.29. The van der Waals surface area contributed by atoms with Crippen LogP contribution in [0, 0.1) is 0 Å². The Labute approximate surface area is 168 Å². The molecule has 2 aromatic heterocycles. The molecule has 2 saturated heterocycles. The summed E-state index contributed by atoms with van der Waals surface area (Å²) in [4.78, 5) is 17.2. The van der Waals surface area contributed by atoms with E-state index in [4.69, 9.17) is 0 Å². The van der Waals surface area contributed by atoms with Gasteiger partial charge in [0.25, 0.3) is 5.92 Å². The van der Waals surface area contributed by atoms with Crippen molar-refractivity contribution in [1.29, 1.82) is 0 Å². The van der Waals surface area contributed by atoms with Crippen LogP contribution in [0.3, 0.4) is 0 Å². The summed E-state index contributed by atoms with van der Waals surface area (Å²) in [5.41, 5.74) is 1.68. The fourth-order valence-electron chi connectivity index (χ4n) is 3.57. The lowest BCUT2D eigenvalue weighted by atomic mass is 10.1. The molecule has 0 saturated carbocycles. The number of nitrogens with zero attached hydrogens (tertiary/aromatic N) is 5. The van der Waals surface area contributed by atoms with Crippen LogP contribution >= 0.6 is 0 Å². The van der Waals surface area contributed by atoms with Gasteiger partial charge in [-0.15, -0.1) is 0 Å². The van der Waals surface area contributed by atoms with Crippen LogP contribution in [-0.2, 0) is 0 Å². The molecule has 4 rings (SSSR count). The maximum atomic E-state index is 13.0. The number of hydrogen-bond acceptors (Lipinski definition) is 7. The maximum absolute atomic E-state index is 13.0. The largest absolute Gasteiger partial charge is 0.350 e. The second-order valence-corrected chi connectivity index (χ2v) is 7.45. The maximum Gasteiger partial charge on any atom is 0.282 e. The van der Waals surface area contributed by atoms with Gasteiger partial charge in [0.15, 0.2) is 0 Å². The lowest BCUT2D eigenvalue weighted by molar-refractivity contribution is -0.0267. The second kappa shape index (κ2) is 7.90. The van der Waals surface area contributed by atoms with E-state index in [2.05, 4.69) is 37.4 Å². The topological polar surface area (TPSA) is 69.2 Å². The Bertz CT molecular complexity index is 859. The van der Waals surface area contributed by atoms with Gasteiger partial charge in [-0.1, -0.05) is 6.08 Å². The number of alkyl halides is 2. The number of piperazine rings is 1. The SMILES string of the molecule is C/C=C(/Nc1cnc(N2CCNC[C@@H]2C)cn1)c1ccc(N2CC(F)(F)C2)nc1. The van der Waals surface area contributed by atoms with Crippen molar-refractivity contribution in [2.75, 3.05) is 47.8 Å². The first kappa shape index (κ1) is 19.5. The molecule has 1 atom stereocenters. The Hall–Kier alpha value is -2.81. The lowest BCUT2D eigenvalue weighted by Gasteiger charge is -2.39. The summed E-state index contributed by atoms with van der Waals surface area (Å²) < 4.78 is 26.1. The zero-order valence-electron chi connectivity index (χ0n) is 16.6. The number of anilines is 3. The van der Waals surface area contributed by atoms with Crippen LogP contribution in [0.1, 0.15) is 19.4 Å². The molecular formula is C20H25F2N7. The number of nitrogens with one attached hydrogen (secondary N) is 2. The quantitative estimate of drug-likeness (QED) is 0.798. The number of aromatic nitrogens is 3. The molecule has 0 amide bonds. The van der Waals surface area contributed by atoms with Gasteiger partial charge in [0.1, 0.15) is 17.5 Å². The van der Waals surface area contributed by atoms with Crippen LogP contribution in [0.5, 0.6) is 0 Å². The second-order valence-electron chi connectivity index (χ2n) is 7.45. The van der Waals surface area contributed by atoms with Crippen molar-refractivity contribution in [3.05, 3.63) is 42.4 Å². The van der Waals surface area contributed by atoms with Gasteiger partial charge in [-0.2, -0.15) is 0 Å². The van der Waals surface area contributed by atoms with Gasteiger partial charge >= 0.3 is 0 Å². The third-order valence-electron chi connectivity index (χ3n) is 5.21. The van der Waals surface area contributed by atoms with Crippen molar-refractivity contribution in [3.63, 3.8) is 0 Å².